The molecule has 0 saturated carbocycles. The zero-order valence-corrected chi connectivity index (χ0v) is 17.4. The predicted octanol–water partition coefficient (Wildman–Crippen LogP) is 3.47. The molecule has 0 saturated heterocycles. The highest BCUT2D eigenvalue weighted by atomic mass is 32.1. The maximum Gasteiger partial charge on any atom is 0.191 e. The maximum atomic E-state index is 4.74. The largest absolute Gasteiger partial charge is 0.357 e. The topological polar surface area (TPSA) is 52.6 Å². The van der Waals surface area contributed by atoms with E-state index in [1.54, 1.807) is 11.3 Å². The molecule has 1 aromatic carbocycles. The van der Waals surface area contributed by atoms with Crippen LogP contribution in [0.4, 0.5) is 0 Å². The highest BCUT2D eigenvalue weighted by Crippen LogP contribution is 2.16. The van der Waals surface area contributed by atoms with E-state index in [-0.39, 0.29) is 0 Å². The lowest BCUT2D eigenvalue weighted by molar-refractivity contribution is 0.345. The quantitative estimate of drug-likeness (QED) is 0.550. The highest BCUT2D eigenvalue weighted by molar-refractivity contribution is 7.11. The zero-order valence-electron chi connectivity index (χ0n) is 16.6. The Balaban J connectivity index is 1.99. The van der Waals surface area contributed by atoms with Crippen molar-refractivity contribution >= 4 is 17.3 Å². The van der Waals surface area contributed by atoms with Gasteiger partial charge in [0.2, 0.25) is 0 Å². The minimum atomic E-state index is 0.666. The van der Waals surface area contributed by atoms with E-state index in [1.165, 1.54) is 16.0 Å². The summed E-state index contributed by atoms with van der Waals surface area (Å²) in [7, 11) is 2.14. The molecule has 0 bridgehead atoms. The Bertz CT molecular complexity index is 723. The molecule has 0 aliphatic carbocycles. The Morgan fingerprint density at radius 1 is 1.19 bits per heavy atom. The molecule has 0 amide bonds. The monoisotopic (exact) mass is 373 g/mol. The van der Waals surface area contributed by atoms with Gasteiger partial charge >= 0.3 is 0 Å². The first kappa shape index (κ1) is 20.4. The average Bonchev–Trinajstić information content (AvgIpc) is 2.95. The van der Waals surface area contributed by atoms with Crippen molar-refractivity contribution in [2.75, 3.05) is 20.1 Å². The van der Waals surface area contributed by atoms with Crippen molar-refractivity contribution in [3.63, 3.8) is 0 Å². The first-order chi connectivity index (χ1) is 12.5. The SMILES string of the molecule is CCNC(=NCc1cccc(CN(C)CC)c1)NCc1sc(C)nc1C. The molecule has 26 heavy (non-hydrogen) atoms. The highest BCUT2D eigenvalue weighted by Gasteiger charge is 2.06. The van der Waals surface area contributed by atoms with Crippen LogP contribution in [-0.2, 0) is 19.6 Å². The van der Waals surface area contributed by atoms with Gasteiger partial charge in [0.25, 0.3) is 0 Å². The molecule has 0 atom stereocenters. The molecular weight excluding hydrogens is 342 g/mol. The molecule has 0 aliphatic heterocycles. The number of benzene rings is 1. The lowest BCUT2D eigenvalue weighted by atomic mass is 10.1. The summed E-state index contributed by atoms with van der Waals surface area (Å²) in [6.45, 7) is 12.6. The first-order valence-corrected chi connectivity index (χ1v) is 10.0. The van der Waals surface area contributed by atoms with Crippen molar-refractivity contribution in [1.82, 2.24) is 20.5 Å². The molecule has 0 fully saturated rings. The van der Waals surface area contributed by atoms with Crippen molar-refractivity contribution < 1.29 is 0 Å². The van der Waals surface area contributed by atoms with E-state index in [0.717, 1.165) is 42.8 Å². The van der Waals surface area contributed by atoms with Gasteiger partial charge in [0.1, 0.15) is 0 Å². The average molecular weight is 374 g/mol. The molecule has 0 radical (unpaired) electrons. The van der Waals surface area contributed by atoms with Crippen molar-refractivity contribution in [3.8, 4) is 0 Å². The second kappa shape index (κ2) is 10.3. The molecule has 2 aromatic rings. The molecule has 2 N–H and O–H groups in total. The Kier molecular flexibility index (Phi) is 8.06. The number of hydrogen-bond acceptors (Lipinski definition) is 4. The van der Waals surface area contributed by atoms with Gasteiger partial charge in [0, 0.05) is 18.0 Å². The van der Waals surface area contributed by atoms with E-state index >= 15 is 0 Å². The van der Waals surface area contributed by atoms with Crippen molar-refractivity contribution in [2.24, 2.45) is 4.99 Å². The van der Waals surface area contributed by atoms with Crippen molar-refractivity contribution in [2.45, 2.75) is 47.3 Å². The normalized spacial score (nSPS) is 11.8. The lowest BCUT2D eigenvalue weighted by Crippen LogP contribution is -2.36. The summed E-state index contributed by atoms with van der Waals surface area (Å²) in [5, 5.41) is 7.85. The maximum absolute atomic E-state index is 4.74. The third-order valence-corrected chi connectivity index (χ3v) is 5.24. The Hall–Kier alpha value is -1.92. The number of aliphatic imine (C=N–C) groups is 1. The third-order valence-electron chi connectivity index (χ3n) is 4.16. The van der Waals surface area contributed by atoms with Gasteiger partial charge in [-0.3, -0.25) is 0 Å². The molecule has 0 unspecified atom stereocenters. The molecule has 2 rings (SSSR count). The van der Waals surface area contributed by atoms with Gasteiger partial charge in [0.15, 0.2) is 5.96 Å². The molecule has 1 heterocycles. The lowest BCUT2D eigenvalue weighted by Gasteiger charge is -2.14. The number of thiazole rings is 1. The van der Waals surface area contributed by atoms with Crippen molar-refractivity contribution in [3.05, 3.63) is 51.0 Å². The number of guanidine groups is 1. The van der Waals surface area contributed by atoms with E-state index in [2.05, 4.69) is 72.6 Å². The molecule has 142 valence electrons. The standard InChI is InChI=1S/C20H31N5S/c1-6-21-20(23-13-19-15(3)24-16(4)26-19)22-12-17-9-8-10-18(11-17)14-25(5)7-2/h8-11H,6-7,12-14H2,1-5H3,(H2,21,22,23). The fourth-order valence-electron chi connectivity index (χ4n) is 2.66. The second-order valence-corrected chi connectivity index (χ2v) is 7.73. The van der Waals surface area contributed by atoms with Crippen LogP contribution in [0, 0.1) is 13.8 Å². The van der Waals surface area contributed by atoms with Crippen LogP contribution in [0.1, 0.15) is 40.6 Å². The molecule has 0 spiro atoms. The van der Waals surface area contributed by atoms with Crippen LogP contribution >= 0.6 is 11.3 Å². The van der Waals surface area contributed by atoms with Gasteiger partial charge in [-0.1, -0.05) is 31.2 Å². The predicted molar refractivity (Wildman–Crippen MR) is 112 cm³/mol. The van der Waals surface area contributed by atoms with Crippen LogP contribution in [0.25, 0.3) is 0 Å². The van der Waals surface area contributed by atoms with Gasteiger partial charge in [-0.05, 0) is 45.5 Å². The number of aromatic nitrogens is 1. The summed E-state index contributed by atoms with van der Waals surface area (Å²) in [6.07, 6.45) is 0. The van der Waals surface area contributed by atoms with Gasteiger partial charge in [-0.2, -0.15) is 0 Å². The molecule has 5 nitrogen and oxygen atoms in total. The van der Waals surface area contributed by atoms with Crippen LogP contribution in [-0.4, -0.2) is 36.0 Å². The minimum absolute atomic E-state index is 0.666. The Labute approximate surface area is 161 Å². The summed E-state index contributed by atoms with van der Waals surface area (Å²) in [4.78, 5) is 12.8. The minimum Gasteiger partial charge on any atom is -0.357 e. The van der Waals surface area contributed by atoms with Crippen LogP contribution in [0.3, 0.4) is 0 Å². The summed E-state index contributed by atoms with van der Waals surface area (Å²) >= 11 is 1.74. The fraction of sp³-hybridized carbons (Fsp3) is 0.500. The van der Waals surface area contributed by atoms with Crippen LogP contribution in [0.15, 0.2) is 29.3 Å². The number of rotatable bonds is 8. The van der Waals surface area contributed by atoms with Gasteiger partial charge in [-0.15, -0.1) is 11.3 Å². The summed E-state index contributed by atoms with van der Waals surface area (Å²) in [5.74, 6) is 0.842. The zero-order chi connectivity index (χ0) is 18.9. The molecule has 0 aliphatic rings. The molecule has 1 aromatic heterocycles. The van der Waals surface area contributed by atoms with E-state index in [9.17, 15) is 0 Å². The number of nitrogens with one attached hydrogen (secondary N) is 2. The van der Waals surface area contributed by atoms with E-state index in [1.807, 2.05) is 6.92 Å². The number of aryl methyl sites for hydroxylation is 2. The Morgan fingerprint density at radius 3 is 2.62 bits per heavy atom. The van der Waals surface area contributed by atoms with E-state index in [0.29, 0.717) is 6.54 Å². The van der Waals surface area contributed by atoms with Gasteiger partial charge < -0.3 is 15.5 Å². The molecular formula is C20H31N5S. The number of nitrogens with zero attached hydrogens (tertiary/aromatic N) is 3. The van der Waals surface area contributed by atoms with Gasteiger partial charge in [0.05, 0.1) is 23.8 Å². The van der Waals surface area contributed by atoms with Crippen LogP contribution < -0.4 is 10.6 Å². The summed E-state index contributed by atoms with van der Waals surface area (Å²) in [5.41, 5.74) is 3.66. The van der Waals surface area contributed by atoms with Gasteiger partial charge in [-0.25, -0.2) is 9.98 Å². The van der Waals surface area contributed by atoms with E-state index < -0.39 is 0 Å². The summed E-state index contributed by atoms with van der Waals surface area (Å²) < 4.78 is 0. The first-order valence-electron chi connectivity index (χ1n) is 9.23. The van der Waals surface area contributed by atoms with Crippen LogP contribution in [0.5, 0.6) is 0 Å². The van der Waals surface area contributed by atoms with E-state index in [4.69, 9.17) is 4.99 Å². The summed E-state index contributed by atoms with van der Waals surface area (Å²) in [6, 6.07) is 8.68. The second-order valence-electron chi connectivity index (χ2n) is 6.44. The third kappa shape index (κ3) is 6.42. The fourth-order valence-corrected chi connectivity index (χ4v) is 3.54. The number of hydrogen-bond donors (Lipinski definition) is 2. The smallest absolute Gasteiger partial charge is 0.191 e. The Morgan fingerprint density at radius 2 is 1.96 bits per heavy atom. The van der Waals surface area contributed by atoms with Crippen LogP contribution in [0.2, 0.25) is 0 Å². The van der Waals surface area contributed by atoms with Crippen molar-refractivity contribution in [1.29, 1.82) is 0 Å². The molecule has 6 heteroatoms.